The molecular formula is C27H23ClF2N6O4. The SMILES string of the molecule is COC[C@H]1CCCN1c1cc2c(c(OC)n1)c(=O)n(-c1cnc3cc(F)ccn13)c(=O)n2-c1ccc(F)c(Cl)c1. The number of nitrogens with zero attached hydrogens (tertiary/aromatic N) is 6. The van der Waals surface area contributed by atoms with Gasteiger partial charge in [-0.3, -0.25) is 13.8 Å². The highest BCUT2D eigenvalue weighted by Gasteiger charge is 2.29. The van der Waals surface area contributed by atoms with Crippen molar-refractivity contribution in [3.05, 3.63) is 86.3 Å². The topological polar surface area (TPSA) is 95.9 Å². The van der Waals surface area contributed by atoms with Crippen molar-refractivity contribution in [2.75, 3.05) is 32.3 Å². The first-order valence-corrected chi connectivity index (χ1v) is 12.8. The van der Waals surface area contributed by atoms with Crippen molar-refractivity contribution >= 4 is 34.0 Å². The van der Waals surface area contributed by atoms with Crippen LogP contribution < -0.4 is 20.9 Å². The average molecular weight is 569 g/mol. The van der Waals surface area contributed by atoms with Crippen LogP contribution in [-0.2, 0) is 4.74 Å². The predicted molar refractivity (Wildman–Crippen MR) is 145 cm³/mol. The van der Waals surface area contributed by atoms with Crippen LogP contribution in [0.5, 0.6) is 5.88 Å². The first-order chi connectivity index (χ1) is 19.3. The summed E-state index contributed by atoms with van der Waals surface area (Å²) >= 11 is 6.11. The third-order valence-corrected chi connectivity index (χ3v) is 7.35. The summed E-state index contributed by atoms with van der Waals surface area (Å²) in [6.45, 7) is 1.16. The molecule has 0 spiro atoms. The molecule has 0 unspecified atom stereocenters. The summed E-state index contributed by atoms with van der Waals surface area (Å²) in [6, 6.07) is 7.86. The van der Waals surface area contributed by atoms with E-state index in [1.807, 2.05) is 4.90 Å². The van der Waals surface area contributed by atoms with Crippen molar-refractivity contribution in [1.29, 1.82) is 0 Å². The van der Waals surface area contributed by atoms with Crippen molar-refractivity contribution in [3.8, 4) is 17.4 Å². The van der Waals surface area contributed by atoms with E-state index in [2.05, 4.69) is 9.97 Å². The highest BCUT2D eigenvalue weighted by Crippen LogP contribution is 2.32. The Morgan fingerprint density at radius 2 is 1.93 bits per heavy atom. The lowest BCUT2D eigenvalue weighted by Crippen LogP contribution is -2.39. The van der Waals surface area contributed by atoms with Gasteiger partial charge in [0.2, 0.25) is 5.88 Å². The average Bonchev–Trinajstić information content (AvgIpc) is 3.57. The molecule has 6 rings (SSSR count). The number of anilines is 1. The van der Waals surface area contributed by atoms with Crippen LogP contribution in [0.4, 0.5) is 14.6 Å². The number of benzene rings is 1. The molecule has 4 aromatic heterocycles. The van der Waals surface area contributed by atoms with E-state index in [-0.39, 0.29) is 45.0 Å². The van der Waals surface area contributed by atoms with Crippen LogP contribution in [-0.4, -0.2) is 56.9 Å². The van der Waals surface area contributed by atoms with Crippen molar-refractivity contribution < 1.29 is 18.3 Å². The first-order valence-electron chi connectivity index (χ1n) is 12.4. The Balaban J connectivity index is 1.72. The third kappa shape index (κ3) is 4.11. The largest absolute Gasteiger partial charge is 0.480 e. The maximum absolute atomic E-state index is 14.2. The smallest absolute Gasteiger partial charge is 0.342 e. The van der Waals surface area contributed by atoms with E-state index >= 15 is 0 Å². The zero-order valence-corrected chi connectivity index (χ0v) is 22.2. The van der Waals surface area contributed by atoms with Crippen LogP contribution in [0.2, 0.25) is 5.02 Å². The predicted octanol–water partition coefficient (Wildman–Crippen LogP) is 3.74. The molecule has 0 radical (unpaired) electrons. The van der Waals surface area contributed by atoms with Gasteiger partial charge in [-0.05, 0) is 37.1 Å². The lowest BCUT2D eigenvalue weighted by molar-refractivity contribution is 0.180. The van der Waals surface area contributed by atoms with Gasteiger partial charge in [-0.1, -0.05) is 11.6 Å². The number of methoxy groups -OCH3 is 2. The molecule has 40 heavy (non-hydrogen) atoms. The van der Waals surface area contributed by atoms with Crippen LogP contribution >= 0.6 is 11.6 Å². The Morgan fingerprint density at radius 1 is 1.10 bits per heavy atom. The molecule has 0 amide bonds. The normalized spacial score (nSPS) is 15.4. The molecule has 5 aromatic rings. The lowest BCUT2D eigenvalue weighted by Gasteiger charge is -2.26. The molecule has 13 heteroatoms. The van der Waals surface area contributed by atoms with Gasteiger partial charge in [-0.15, -0.1) is 0 Å². The van der Waals surface area contributed by atoms with Gasteiger partial charge in [-0.2, -0.15) is 4.98 Å². The van der Waals surface area contributed by atoms with E-state index in [4.69, 9.17) is 21.1 Å². The van der Waals surface area contributed by atoms with Gasteiger partial charge in [0.1, 0.15) is 34.3 Å². The number of fused-ring (bicyclic) bond motifs is 2. The van der Waals surface area contributed by atoms with E-state index in [9.17, 15) is 18.4 Å². The summed E-state index contributed by atoms with van der Waals surface area (Å²) < 4.78 is 42.5. The number of imidazole rings is 1. The second-order valence-corrected chi connectivity index (χ2v) is 9.78. The molecule has 1 aromatic carbocycles. The number of hydrogen-bond donors (Lipinski definition) is 0. The minimum Gasteiger partial charge on any atom is -0.480 e. The van der Waals surface area contributed by atoms with E-state index < -0.39 is 22.9 Å². The highest BCUT2D eigenvalue weighted by atomic mass is 35.5. The highest BCUT2D eigenvalue weighted by molar-refractivity contribution is 6.30. The van der Waals surface area contributed by atoms with Crippen molar-refractivity contribution in [2.24, 2.45) is 0 Å². The molecule has 0 aliphatic carbocycles. The molecular weight excluding hydrogens is 546 g/mol. The number of hydrogen-bond acceptors (Lipinski definition) is 7. The van der Waals surface area contributed by atoms with Gasteiger partial charge < -0.3 is 14.4 Å². The summed E-state index contributed by atoms with van der Waals surface area (Å²) in [5.41, 5.74) is -0.902. The van der Waals surface area contributed by atoms with Crippen molar-refractivity contribution in [3.63, 3.8) is 0 Å². The van der Waals surface area contributed by atoms with Crippen LogP contribution in [0.15, 0.2) is 58.4 Å². The number of rotatable bonds is 6. The minimum atomic E-state index is -0.777. The second kappa shape index (κ2) is 10.0. The molecule has 0 bridgehead atoms. The fraction of sp³-hybridized carbons (Fsp3) is 0.259. The first kappa shape index (κ1) is 26.0. The third-order valence-electron chi connectivity index (χ3n) is 7.06. The fourth-order valence-electron chi connectivity index (χ4n) is 5.26. The monoisotopic (exact) mass is 568 g/mol. The van der Waals surface area contributed by atoms with Crippen LogP contribution in [0, 0.1) is 11.6 Å². The van der Waals surface area contributed by atoms with Crippen molar-refractivity contribution in [1.82, 2.24) is 23.5 Å². The quantitative estimate of drug-likeness (QED) is 0.308. The number of ether oxygens (including phenoxy) is 2. The molecule has 206 valence electrons. The van der Waals surface area contributed by atoms with E-state index in [1.54, 1.807) is 13.2 Å². The molecule has 1 aliphatic rings. The Kier molecular flexibility index (Phi) is 6.51. The van der Waals surface area contributed by atoms with Gasteiger partial charge in [-0.25, -0.2) is 23.1 Å². The summed E-state index contributed by atoms with van der Waals surface area (Å²) in [5.74, 6) is -0.635. The Hall–Kier alpha value is -4.29. The zero-order valence-electron chi connectivity index (χ0n) is 21.5. The maximum Gasteiger partial charge on any atom is 0.342 e. The fourth-order valence-corrected chi connectivity index (χ4v) is 5.43. The van der Waals surface area contributed by atoms with Gasteiger partial charge in [0.15, 0.2) is 0 Å². The molecule has 10 nitrogen and oxygen atoms in total. The van der Waals surface area contributed by atoms with E-state index in [1.165, 1.54) is 52.7 Å². The number of pyridine rings is 2. The summed E-state index contributed by atoms with van der Waals surface area (Å²) in [7, 11) is 3.00. The van der Waals surface area contributed by atoms with Crippen LogP contribution in [0.3, 0.4) is 0 Å². The molecule has 0 N–H and O–H groups in total. The van der Waals surface area contributed by atoms with Crippen molar-refractivity contribution in [2.45, 2.75) is 18.9 Å². The lowest BCUT2D eigenvalue weighted by atomic mass is 10.2. The molecule has 1 aliphatic heterocycles. The van der Waals surface area contributed by atoms with Crippen LogP contribution in [0.25, 0.3) is 28.1 Å². The molecule has 0 saturated carbocycles. The second-order valence-electron chi connectivity index (χ2n) is 9.38. The molecule has 5 heterocycles. The summed E-state index contributed by atoms with van der Waals surface area (Å²) in [4.78, 5) is 39.1. The van der Waals surface area contributed by atoms with Crippen LogP contribution in [0.1, 0.15) is 12.8 Å². The minimum absolute atomic E-state index is 0.00357. The van der Waals surface area contributed by atoms with E-state index in [0.717, 1.165) is 23.5 Å². The molecule has 1 atom stereocenters. The number of halogens is 3. The van der Waals surface area contributed by atoms with E-state index in [0.29, 0.717) is 19.0 Å². The summed E-state index contributed by atoms with van der Waals surface area (Å²) in [6.07, 6.45) is 4.45. The standard InChI is InChI=1S/C27H23ClF2N6O4/c1-39-14-17-4-3-8-33(17)22-12-20-24(25(32-22)40-2)26(37)36(23-13-31-21-10-15(29)7-9-34(21)23)27(38)35(20)16-5-6-19(30)18(28)11-16/h5-7,9-13,17H,3-4,8,14H2,1-2H3/t17-/m1/s1. The Morgan fingerprint density at radius 3 is 2.67 bits per heavy atom. The molecule has 1 fully saturated rings. The Labute approximate surface area is 230 Å². The Bertz CT molecular complexity index is 1900. The van der Waals surface area contributed by atoms with Gasteiger partial charge in [0.25, 0.3) is 5.56 Å². The maximum atomic E-state index is 14.2. The van der Waals surface area contributed by atoms with Gasteiger partial charge >= 0.3 is 5.69 Å². The van der Waals surface area contributed by atoms with Gasteiger partial charge in [0.05, 0.1) is 42.2 Å². The molecule has 1 saturated heterocycles. The van der Waals surface area contributed by atoms with Gasteiger partial charge in [0, 0.05) is 32.0 Å². The summed E-state index contributed by atoms with van der Waals surface area (Å²) in [5, 5.41) is -0.202. The number of aromatic nitrogens is 5. The zero-order chi connectivity index (χ0) is 28.1.